The Bertz CT molecular complexity index is 321. The van der Waals surface area contributed by atoms with Gasteiger partial charge in [-0.1, -0.05) is 6.92 Å². The molecule has 5 heteroatoms. The summed E-state index contributed by atoms with van der Waals surface area (Å²) in [6.45, 7) is 5.39. The van der Waals surface area contributed by atoms with Crippen LogP contribution in [0.15, 0.2) is 0 Å². The Labute approximate surface area is 110 Å². The van der Waals surface area contributed by atoms with E-state index >= 15 is 0 Å². The predicted octanol–water partition coefficient (Wildman–Crippen LogP) is 2.08. The Kier molecular flexibility index (Phi) is 5.80. The van der Waals surface area contributed by atoms with Crippen molar-refractivity contribution in [1.82, 2.24) is 5.32 Å². The van der Waals surface area contributed by atoms with Crippen LogP contribution in [0, 0.1) is 0 Å². The van der Waals surface area contributed by atoms with Gasteiger partial charge in [0, 0.05) is 22.8 Å². The highest BCUT2D eigenvalue weighted by Gasteiger charge is 2.36. The minimum absolute atomic E-state index is 0.299. The normalized spacial score (nSPS) is 27.2. The lowest BCUT2D eigenvalue weighted by atomic mass is 9.92. The van der Waals surface area contributed by atoms with Crippen molar-refractivity contribution in [1.29, 1.82) is 0 Å². The van der Waals surface area contributed by atoms with Crippen LogP contribution in [0.3, 0.4) is 0 Å². The van der Waals surface area contributed by atoms with Crippen molar-refractivity contribution in [3.05, 3.63) is 0 Å². The maximum Gasteiger partial charge on any atom is 0.147 e. The van der Waals surface area contributed by atoms with E-state index < -0.39 is 9.84 Å². The molecule has 1 aliphatic heterocycles. The quantitative estimate of drug-likeness (QED) is 0.775. The van der Waals surface area contributed by atoms with Crippen molar-refractivity contribution in [2.24, 2.45) is 0 Å². The van der Waals surface area contributed by atoms with Gasteiger partial charge < -0.3 is 5.32 Å². The summed E-state index contributed by atoms with van der Waals surface area (Å²) in [7, 11) is -2.81. The third-order valence-corrected chi connectivity index (χ3v) is 6.12. The zero-order chi connectivity index (χ0) is 12.9. The average Bonchev–Trinajstić information content (AvgIpc) is 2.63. The minimum Gasteiger partial charge on any atom is -0.313 e. The highest BCUT2D eigenvalue weighted by atomic mass is 32.2. The van der Waals surface area contributed by atoms with E-state index in [1.54, 1.807) is 0 Å². The van der Waals surface area contributed by atoms with E-state index in [-0.39, 0.29) is 0 Å². The molecule has 0 aromatic rings. The first kappa shape index (κ1) is 15.3. The van der Waals surface area contributed by atoms with Crippen LogP contribution in [-0.2, 0) is 9.84 Å². The molecule has 3 nitrogen and oxygen atoms in total. The molecule has 2 unspecified atom stereocenters. The molecule has 1 N–H and O–H groups in total. The Balaban J connectivity index is 2.48. The molecule has 1 rings (SSSR count). The van der Waals surface area contributed by atoms with Crippen molar-refractivity contribution in [2.45, 2.75) is 50.3 Å². The first-order valence-corrected chi connectivity index (χ1v) is 9.47. The molecule has 0 saturated carbocycles. The third kappa shape index (κ3) is 5.18. The second-order valence-corrected chi connectivity index (χ2v) is 9.04. The summed E-state index contributed by atoms with van der Waals surface area (Å²) in [6.07, 6.45) is 5.59. The number of hydrogen-bond acceptors (Lipinski definition) is 4. The summed E-state index contributed by atoms with van der Waals surface area (Å²) in [5.74, 6) is 1.56. The molecule has 1 aliphatic rings. The van der Waals surface area contributed by atoms with Gasteiger partial charge in [0.2, 0.25) is 0 Å². The molecule has 17 heavy (non-hydrogen) atoms. The van der Waals surface area contributed by atoms with Gasteiger partial charge in [0.1, 0.15) is 9.84 Å². The lowest BCUT2D eigenvalue weighted by Crippen LogP contribution is -2.45. The van der Waals surface area contributed by atoms with Crippen molar-refractivity contribution < 1.29 is 8.42 Å². The summed E-state index contributed by atoms with van der Waals surface area (Å²) in [5, 5.41) is 3.54. The summed E-state index contributed by atoms with van der Waals surface area (Å²) in [6, 6.07) is 0.446. The molecular formula is C12H25NO2S2. The van der Waals surface area contributed by atoms with Gasteiger partial charge in [0.15, 0.2) is 0 Å². The number of thioether (sulfide) groups is 1. The van der Waals surface area contributed by atoms with Crippen molar-refractivity contribution in [3.8, 4) is 0 Å². The average molecular weight is 279 g/mol. The van der Waals surface area contributed by atoms with Crippen LogP contribution in [-0.4, -0.2) is 43.5 Å². The second-order valence-electron chi connectivity index (χ2n) is 5.15. The topological polar surface area (TPSA) is 46.2 Å². The van der Waals surface area contributed by atoms with E-state index in [1.807, 2.05) is 11.8 Å². The van der Waals surface area contributed by atoms with Crippen LogP contribution in [0.25, 0.3) is 0 Å². The number of nitrogens with one attached hydrogen (secondary N) is 1. The smallest absolute Gasteiger partial charge is 0.147 e. The zero-order valence-corrected chi connectivity index (χ0v) is 12.8. The van der Waals surface area contributed by atoms with Crippen molar-refractivity contribution in [2.75, 3.05) is 24.3 Å². The molecule has 0 amide bonds. The van der Waals surface area contributed by atoms with E-state index in [9.17, 15) is 8.42 Å². The lowest BCUT2D eigenvalue weighted by molar-refractivity contribution is 0.384. The molecule has 0 aliphatic carbocycles. The fraction of sp³-hybridized carbons (Fsp3) is 1.00. The van der Waals surface area contributed by atoms with Crippen molar-refractivity contribution >= 4 is 21.6 Å². The van der Waals surface area contributed by atoms with Gasteiger partial charge in [-0.2, -0.15) is 11.8 Å². The standard InChI is InChI=1S/C12H25NO2S2/c1-4-13-11(7-5-10-17(3,14)15)12(2)8-6-9-16-12/h11,13H,4-10H2,1-3H3. The highest BCUT2D eigenvalue weighted by molar-refractivity contribution is 8.00. The van der Waals surface area contributed by atoms with Gasteiger partial charge in [-0.05, 0) is 44.9 Å². The third-order valence-electron chi connectivity index (χ3n) is 3.44. The van der Waals surface area contributed by atoms with Crippen LogP contribution >= 0.6 is 11.8 Å². The van der Waals surface area contributed by atoms with E-state index in [1.165, 1.54) is 24.9 Å². The Hall–Kier alpha value is 0.260. The predicted molar refractivity (Wildman–Crippen MR) is 76.5 cm³/mol. The van der Waals surface area contributed by atoms with Gasteiger partial charge in [-0.15, -0.1) is 0 Å². The summed E-state index contributed by atoms with van der Waals surface area (Å²) < 4.78 is 22.6. The first-order valence-electron chi connectivity index (χ1n) is 6.42. The van der Waals surface area contributed by atoms with Gasteiger partial charge in [0.05, 0.1) is 0 Å². The van der Waals surface area contributed by atoms with E-state index in [0.29, 0.717) is 16.5 Å². The van der Waals surface area contributed by atoms with Crippen LogP contribution in [0.1, 0.15) is 39.5 Å². The Morgan fingerprint density at radius 3 is 2.65 bits per heavy atom. The molecule has 1 heterocycles. The molecule has 1 saturated heterocycles. The fourth-order valence-corrected chi connectivity index (χ4v) is 4.63. The maximum absolute atomic E-state index is 11.1. The van der Waals surface area contributed by atoms with Crippen LogP contribution in [0.2, 0.25) is 0 Å². The molecule has 2 atom stereocenters. The molecule has 0 spiro atoms. The van der Waals surface area contributed by atoms with Crippen LogP contribution in [0.5, 0.6) is 0 Å². The minimum atomic E-state index is -2.81. The van der Waals surface area contributed by atoms with Crippen LogP contribution < -0.4 is 5.32 Å². The lowest BCUT2D eigenvalue weighted by Gasteiger charge is -2.34. The largest absolute Gasteiger partial charge is 0.313 e. The van der Waals surface area contributed by atoms with E-state index in [0.717, 1.165) is 19.4 Å². The van der Waals surface area contributed by atoms with Gasteiger partial charge in [-0.25, -0.2) is 8.42 Å². The number of hydrogen-bond donors (Lipinski definition) is 1. The highest BCUT2D eigenvalue weighted by Crippen LogP contribution is 2.41. The van der Waals surface area contributed by atoms with E-state index in [4.69, 9.17) is 0 Å². The van der Waals surface area contributed by atoms with Gasteiger partial charge >= 0.3 is 0 Å². The molecule has 0 aromatic carbocycles. The molecule has 0 aromatic heterocycles. The summed E-state index contributed by atoms with van der Waals surface area (Å²) >= 11 is 2.04. The van der Waals surface area contributed by atoms with Gasteiger partial charge in [0.25, 0.3) is 0 Å². The molecule has 0 radical (unpaired) electrons. The SMILES string of the molecule is CCNC(CCCS(C)(=O)=O)C1(C)CCCS1. The Morgan fingerprint density at radius 1 is 1.47 bits per heavy atom. The molecular weight excluding hydrogens is 254 g/mol. The molecule has 1 fully saturated rings. The maximum atomic E-state index is 11.1. The summed E-state index contributed by atoms with van der Waals surface area (Å²) in [4.78, 5) is 0. The Morgan fingerprint density at radius 2 is 2.18 bits per heavy atom. The number of rotatable bonds is 7. The van der Waals surface area contributed by atoms with E-state index in [2.05, 4.69) is 19.2 Å². The molecule has 0 bridgehead atoms. The van der Waals surface area contributed by atoms with Crippen molar-refractivity contribution in [3.63, 3.8) is 0 Å². The second kappa shape index (κ2) is 6.43. The zero-order valence-electron chi connectivity index (χ0n) is 11.2. The first-order chi connectivity index (χ1) is 7.87. The number of sulfone groups is 1. The van der Waals surface area contributed by atoms with Crippen LogP contribution in [0.4, 0.5) is 0 Å². The molecule has 102 valence electrons. The van der Waals surface area contributed by atoms with Gasteiger partial charge in [-0.3, -0.25) is 0 Å². The monoisotopic (exact) mass is 279 g/mol. The summed E-state index contributed by atoms with van der Waals surface area (Å²) in [5.41, 5.74) is 0. The fourth-order valence-electron chi connectivity index (χ4n) is 2.49.